The summed E-state index contributed by atoms with van der Waals surface area (Å²) >= 11 is 0. The Labute approximate surface area is 183 Å². The maximum absolute atomic E-state index is 6.13. The maximum Gasteiger partial charge on any atom is 0.0697 e. The van der Waals surface area contributed by atoms with Crippen LogP contribution < -0.4 is 5.73 Å². The molecule has 0 amide bonds. The van der Waals surface area contributed by atoms with Crippen molar-refractivity contribution in [3.8, 4) is 0 Å². The van der Waals surface area contributed by atoms with Crippen molar-refractivity contribution in [3.63, 3.8) is 0 Å². The minimum absolute atomic E-state index is 0.0864. The summed E-state index contributed by atoms with van der Waals surface area (Å²) in [4.78, 5) is 2.49. The highest BCUT2D eigenvalue weighted by atomic mass is 16.5. The van der Waals surface area contributed by atoms with Crippen LogP contribution in [0.1, 0.15) is 45.2 Å². The first-order valence-corrected chi connectivity index (χ1v) is 11.2. The number of nitrogens with two attached hydrogens (primary N) is 1. The van der Waals surface area contributed by atoms with Crippen LogP contribution in [-0.4, -0.2) is 31.2 Å². The Morgan fingerprint density at radius 2 is 1.60 bits per heavy atom. The molecule has 2 aromatic carbocycles. The lowest BCUT2D eigenvalue weighted by atomic mass is 9.85. The summed E-state index contributed by atoms with van der Waals surface area (Å²) in [5, 5.41) is 0. The van der Waals surface area contributed by atoms with E-state index in [-0.39, 0.29) is 12.0 Å². The lowest BCUT2D eigenvalue weighted by Crippen LogP contribution is -2.41. The molecule has 30 heavy (non-hydrogen) atoms. The second kappa shape index (κ2) is 11.8. The molecule has 3 nitrogen and oxygen atoms in total. The zero-order chi connectivity index (χ0) is 22.1. The molecule has 0 saturated heterocycles. The Morgan fingerprint density at radius 1 is 1.00 bits per heavy atom. The van der Waals surface area contributed by atoms with E-state index < -0.39 is 0 Å². The van der Waals surface area contributed by atoms with Gasteiger partial charge in [0.2, 0.25) is 0 Å². The highest BCUT2D eigenvalue weighted by molar-refractivity contribution is 5.39. The lowest BCUT2D eigenvalue weighted by Gasteiger charge is -2.40. The van der Waals surface area contributed by atoms with Crippen LogP contribution in [0.5, 0.6) is 0 Å². The van der Waals surface area contributed by atoms with E-state index in [0.717, 1.165) is 24.9 Å². The summed E-state index contributed by atoms with van der Waals surface area (Å²) in [6.45, 7) is 9.06. The molecular weight excluding hydrogens is 368 g/mol. The Bertz CT molecular complexity index is 767. The molecule has 0 saturated carbocycles. The zero-order valence-electron chi connectivity index (χ0n) is 19.6. The molecular formula is C27H40N2O. The number of nitrogens with zero attached hydrogens (tertiary/aromatic N) is 1. The molecule has 3 unspecified atom stereocenters. The van der Waals surface area contributed by atoms with Gasteiger partial charge >= 0.3 is 0 Å². The lowest BCUT2D eigenvalue weighted by molar-refractivity contribution is 0.0498. The molecule has 0 aliphatic rings. The van der Waals surface area contributed by atoms with Crippen LogP contribution >= 0.6 is 0 Å². The van der Waals surface area contributed by atoms with Gasteiger partial charge in [-0.15, -0.1) is 0 Å². The van der Waals surface area contributed by atoms with E-state index in [1.165, 1.54) is 16.8 Å². The third kappa shape index (κ3) is 6.37. The van der Waals surface area contributed by atoms with Crippen LogP contribution in [0.15, 0.2) is 66.4 Å². The van der Waals surface area contributed by atoms with Gasteiger partial charge in [-0.3, -0.25) is 0 Å². The number of allylic oxidation sites excluding steroid dienone is 1. The highest BCUT2D eigenvalue weighted by Crippen LogP contribution is 2.30. The van der Waals surface area contributed by atoms with Crippen molar-refractivity contribution in [1.82, 2.24) is 4.90 Å². The summed E-state index contributed by atoms with van der Waals surface area (Å²) < 4.78 is 6.13. The van der Waals surface area contributed by atoms with E-state index >= 15 is 0 Å². The minimum atomic E-state index is 0.0864. The molecule has 2 N–H and O–H groups in total. The number of nitrogen functional groups attached to an aromatic ring is 1. The Morgan fingerprint density at radius 3 is 2.10 bits per heavy atom. The number of hydrogen-bond donors (Lipinski definition) is 1. The SMILES string of the molecule is C/C=C(/C(Cc1ccc(N)cc1)C(Cc1ccccc1)OC)N(C)C(CC)C(C)C. The first kappa shape index (κ1) is 24.0. The zero-order valence-corrected chi connectivity index (χ0v) is 19.6. The van der Waals surface area contributed by atoms with Crippen LogP contribution in [-0.2, 0) is 17.6 Å². The molecule has 0 aliphatic heterocycles. The first-order valence-electron chi connectivity index (χ1n) is 11.2. The smallest absolute Gasteiger partial charge is 0.0697 e. The third-order valence-corrected chi connectivity index (χ3v) is 6.23. The van der Waals surface area contributed by atoms with Crippen molar-refractivity contribution < 1.29 is 4.74 Å². The van der Waals surface area contributed by atoms with E-state index in [1.807, 2.05) is 19.2 Å². The standard InChI is InChI=1S/C27H40N2O/c1-7-25(20(3)4)29(5)26(8-2)24(18-22-14-16-23(28)17-15-22)27(30-6)19-21-12-10-9-11-13-21/h8-17,20,24-25,27H,7,18-19,28H2,1-6H3/b26-8-. The first-order chi connectivity index (χ1) is 14.4. The normalized spacial score (nSPS) is 15.1. The predicted molar refractivity (Wildman–Crippen MR) is 129 cm³/mol. The van der Waals surface area contributed by atoms with Gasteiger partial charge in [0.05, 0.1) is 6.10 Å². The van der Waals surface area contributed by atoms with E-state index in [9.17, 15) is 0 Å². The van der Waals surface area contributed by atoms with Crippen molar-refractivity contribution in [2.45, 2.75) is 59.1 Å². The number of hydrogen-bond acceptors (Lipinski definition) is 3. The molecule has 2 aromatic rings. The summed E-state index contributed by atoms with van der Waals surface area (Å²) in [7, 11) is 4.09. The molecule has 3 heteroatoms. The fraction of sp³-hybridized carbons (Fsp3) is 0.481. The topological polar surface area (TPSA) is 38.5 Å². The van der Waals surface area contributed by atoms with Gasteiger partial charge in [-0.2, -0.15) is 0 Å². The number of anilines is 1. The van der Waals surface area contributed by atoms with Gasteiger partial charge < -0.3 is 15.4 Å². The van der Waals surface area contributed by atoms with Gasteiger partial charge in [-0.1, -0.05) is 69.3 Å². The minimum Gasteiger partial charge on any atom is -0.399 e. The molecule has 0 bridgehead atoms. The molecule has 2 rings (SSSR count). The van der Waals surface area contributed by atoms with Gasteiger partial charge in [0, 0.05) is 37.5 Å². The molecule has 0 heterocycles. The summed E-state index contributed by atoms with van der Waals surface area (Å²) in [5.74, 6) is 0.837. The van der Waals surface area contributed by atoms with E-state index in [2.05, 4.69) is 88.2 Å². The van der Waals surface area contributed by atoms with Gasteiger partial charge in [0.1, 0.15) is 0 Å². The molecule has 0 aliphatic carbocycles. The van der Waals surface area contributed by atoms with Crippen LogP contribution in [0, 0.1) is 11.8 Å². The van der Waals surface area contributed by atoms with Gasteiger partial charge in [-0.05, 0) is 55.4 Å². The van der Waals surface area contributed by atoms with Crippen molar-refractivity contribution in [1.29, 1.82) is 0 Å². The van der Waals surface area contributed by atoms with Gasteiger partial charge in [-0.25, -0.2) is 0 Å². The molecule has 3 atom stereocenters. The number of methoxy groups -OCH3 is 1. The van der Waals surface area contributed by atoms with Crippen molar-refractivity contribution in [3.05, 3.63) is 77.5 Å². The van der Waals surface area contributed by atoms with E-state index in [0.29, 0.717) is 12.0 Å². The monoisotopic (exact) mass is 408 g/mol. The summed E-state index contributed by atoms with van der Waals surface area (Å²) in [6.07, 6.45) is 5.30. The van der Waals surface area contributed by atoms with Crippen LogP contribution in [0.25, 0.3) is 0 Å². The fourth-order valence-electron chi connectivity index (χ4n) is 4.63. The fourth-order valence-corrected chi connectivity index (χ4v) is 4.63. The average Bonchev–Trinajstić information content (AvgIpc) is 2.74. The van der Waals surface area contributed by atoms with E-state index in [4.69, 9.17) is 10.5 Å². The molecule has 0 aromatic heterocycles. The number of ether oxygens (including phenoxy) is 1. The average molecular weight is 409 g/mol. The van der Waals surface area contributed by atoms with Gasteiger partial charge in [0.15, 0.2) is 0 Å². The van der Waals surface area contributed by atoms with Gasteiger partial charge in [0.25, 0.3) is 0 Å². The van der Waals surface area contributed by atoms with Crippen molar-refractivity contribution in [2.75, 3.05) is 19.9 Å². The number of benzene rings is 2. The largest absolute Gasteiger partial charge is 0.399 e. The van der Waals surface area contributed by atoms with Crippen LogP contribution in [0.4, 0.5) is 5.69 Å². The summed E-state index contributed by atoms with van der Waals surface area (Å²) in [6, 6.07) is 19.4. The second-order valence-corrected chi connectivity index (χ2v) is 8.56. The predicted octanol–water partition coefficient (Wildman–Crippen LogP) is 5.96. The molecule has 164 valence electrons. The van der Waals surface area contributed by atoms with Crippen LogP contribution in [0.2, 0.25) is 0 Å². The number of rotatable bonds is 11. The summed E-state index contributed by atoms with van der Waals surface area (Å²) in [5.41, 5.74) is 10.7. The third-order valence-electron chi connectivity index (χ3n) is 6.23. The Balaban J connectivity index is 2.40. The quantitative estimate of drug-likeness (QED) is 0.467. The Hall–Kier alpha value is -2.26. The molecule has 0 spiro atoms. The van der Waals surface area contributed by atoms with E-state index in [1.54, 1.807) is 0 Å². The maximum atomic E-state index is 6.13. The van der Waals surface area contributed by atoms with Crippen molar-refractivity contribution in [2.24, 2.45) is 11.8 Å². The van der Waals surface area contributed by atoms with Crippen LogP contribution in [0.3, 0.4) is 0 Å². The highest BCUT2D eigenvalue weighted by Gasteiger charge is 2.30. The second-order valence-electron chi connectivity index (χ2n) is 8.56. The van der Waals surface area contributed by atoms with Crippen molar-refractivity contribution >= 4 is 5.69 Å². The molecule has 0 fully saturated rings. The molecule has 0 radical (unpaired) electrons. The Kier molecular flexibility index (Phi) is 9.45.